The van der Waals surface area contributed by atoms with Crippen LogP contribution in [0.4, 0.5) is 0 Å². The fraction of sp³-hybridized carbons (Fsp3) is 0. The number of hydrogen-bond acceptors (Lipinski definition) is 2. The summed E-state index contributed by atoms with van der Waals surface area (Å²) in [4.78, 5) is 5.09. The highest BCUT2D eigenvalue weighted by atomic mass is 31.2. The molecule has 7 aromatic carbocycles. The van der Waals surface area contributed by atoms with Crippen molar-refractivity contribution in [2.45, 2.75) is 0 Å². The molecule has 0 atom stereocenters. The van der Waals surface area contributed by atoms with Gasteiger partial charge in [0.15, 0.2) is 7.14 Å². The number of rotatable bonds is 5. The average molecular weight is 621 g/mol. The average Bonchev–Trinajstić information content (AvgIpc) is 3.56. The van der Waals surface area contributed by atoms with Crippen molar-refractivity contribution in [1.29, 1.82) is 0 Å². The van der Waals surface area contributed by atoms with Gasteiger partial charge in [0.1, 0.15) is 5.65 Å². The molecule has 4 heteroatoms. The van der Waals surface area contributed by atoms with Crippen LogP contribution in [0.15, 0.2) is 176 Å². The molecule has 0 saturated carbocycles. The van der Waals surface area contributed by atoms with Crippen LogP contribution in [-0.4, -0.2) is 9.38 Å². The molecule has 0 fully saturated rings. The van der Waals surface area contributed by atoms with Gasteiger partial charge in [-0.25, -0.2) is 4.98 Å². The highest BCUT2D eigenvalue weighted by Crippen LogP contribution is 2.42. The quantitative estimate of drug-likeness (QED) is 0.142. The number of benzene rings is 7. The van der Waals surface area contributed by atoms with E-state index in [1.54, 1.807) is 0 Å². The Morgan fingerprint density at radius 1 is 0.404 bits per heavy atom. The zero-order valence-electron chi connectivity index (χ0n) is 25.5. The highest BCUT2D eigenvalue weighted by molar-refractivity contribution is 7.85. The van der Waals surface area contributed by atoms with E-state index in [0.29, 0.717) is 0 Å². The van der Waals surface area contributed by atoms with E-state index in [1.165, 1.54) is 10.8 Å². The van der Waals surface area contributed by atoms with E-state index < -0.39 is 7.14 Å². The second-order valence-electron chi connectivity index (χ2n) is 11.9. The zero-order chi connectivity index (χ0) is 31.4. The van der Waals surface area contributed by atoms with E-state index in [4.69, 9.17) is 4.98 Å². The summed E-state index contributed by atoms with van der Waals surface area (Å²) in [5.41, 5.74) is 8.74. The van der Waals surface area contributed by atoms with Crippen LogP contribution in [-0.2, 0) is 4.57 Å². The molecule has 9 rings (SSSR count). The lowest BCUT2D eigenvalue weighted by Crippen LogP contribution is -2.24. The Hall–Kier alpha value is -5.76. The second kappa shape index (κ2) is 10.9. The number of aromatic nitrogens is 2. The molecule has 222 valence electrons. The molecule has 0 spiro atoms. The zero-order valence-corrected chi connectivity index (χ0v) is 26.4. The number of nitrogens with zero attached hydrogens (tertiary/aromatic N) is 2. The van der Waals surface area contributed by atoms with Crippen LogP contribution >= 0.6 is 7.14 Å². The first-order chi connectivity index (χ1) is 23.2. The van der Waals surface area contributed by atoms with Gasteiger partial charge in [-0.3, -0.25) is 4.40 Å². The van der Waals surface area contributed by atoms with Crippen molar-refractivity contribution in [3.05, 3.63) is 176 Å². The van der Waals surface area contributed by atoms with E-state index >= 15 is 0 Å². The monoisotopic (exact) mass is 620 g/mol. The van der Waals surface area contributed by atoms with Crippen LogP contribution in [0.1, 0.15) is 0 Å². The van der Waals surface area contributed by atoms with E-state index in [1.807, 2.05) is 78.9 Å². The lowest BCUT2D eigenvalue weighted by atomic mass is 9.97. The van der Waals surface area contributed by atoms with Crippen molar-refractivity contribution < 1.29 is 4.57 Å². The first kappa shape index (κ1) is 27.5. The SMILES string of the molecule is O=P(c1ccccc1)(c1ccccc1)c1ccc(-c2ccc(-c3ccc4c5ccccc5n5c6ccccc6nc5c4c3)cc2)cc1. The molecular formula is C43H29N2OP. The minimum absolute atomic E-state index is 0.830. The number of pyridine rings is 1. The second-order valence-corrected chi connectivity index (χ2v) is 14.7. The van der Waals surface area contributed by atoms with Crippen molar-refractivity contribution >= 4 is 61.4 Å². The van der Waals surface area contributed by atoms with Gasteiger partial charge in [-0.05, 0) is 51.9 Å². The van der Waals surface area contributed by atoms with E-state index in [0.717, 1.165) is 65.8 Å². The molecule has 0 aliphatic heterocycles. The summed E-state index contributed by atoms with van der Waals surface area (Å²) < 4.78 is 17.0. The summed E-state index contributed by atoms with van der Waals surface area (Å²) in [6, 6.07) is 60.2. The predicted octanol–water partition coefficient (Wildman–Crippen LogP) is 9.77. The van der Waals surface area contributed by atoms with Crippen molar-refractivity contribution in [1.82, 2.24) is 9.38 Å². The summed E-state index contributed by atoms with van der Waals surface area (Å²) in [5.74, 6) is 0. The largest absolute Gasteiger partial charge is 0.309 e. The molecule has 0 aliphatic carbocycles. The third-order valence-electron chi connectivity index (χ3n) is 9.28. The summed E-state index contributed by atoms with van der Waals surface area (Å²) in [7, 11) is -3.01. The standard InChI is InChI=1S/C43H29N2OP/c46-47(34-11-3-1-4-12-34,35-13-5-2-6-14-35)36-26-23-31(24-27-36)30-19-21-32(22-20-30)33-25-28-37-38-15-7-9-17-41(38)45-42-18-10-8-16-40(42)44-43(45)39(37)29-33/h1-29H. The molecule has 2 aromatic heterocycles. The van der Waals surface area contributed by atoms with Crippen molar-refractivity contribution in [2.24, 2.45) is 0 Å². The normalized spacial score (nSPS) is 11.9. The third-order valence-corrected chi connectivity index (χ3v) is 12.4. The topological polar surface area (TPSA) is 34.4 Å². The maximum Gasteiger partial charge on any atom is 0.171 e. The minimum Gasteiger partial charge on any atom is -0.309 e. The molecule has 0 unspecified atom stereocenters. The number of hydrogen-bond donors (Lipinski definition) is 0. The predicted molar refractivity (Wildman–Crippen MR) is 198 cm³/mol. The van der Waals surface area contributed by atoms with Crippen molar-refractivity contribution in [3.8, 4) is 22.3 Å². The molecule has 0 saturated heterocycles. The molecule has 2 heterocycles. The Bertz CT molecular complexity index is 2580. The van der Waals surface area contributed by atoms with Gasteiger partial charge in [0, 0.05) is 26.7 Å². The summed E-state index contributed by atoms with van der Waals surface area (Å²) in [6.45, 7) is 0. The van der Waals surface area contributed by atoms with Gasteiger partial charge >= 0.3 is 0 Å². The number of fused-ring (bicyclic) bond motifs is 8. The minimum atomic E-state index is -3.01. The fourth-order valence-corrected chi connectivity index (χ4v) is 9.58. The van der Waals surface area contributed by atoms with E-state index in [-0.39, 0.29) is 0 Å². The molecule has 9 aromatic rings. The van der Waals surface area contributed by atoms with Crippen LogP contribution < -0.4 is 15.9 Å². The highest BCUT2D eigenvalue weighted by Gasteiger charge is 2.29. The molecular weight excluding hydrogens is 591 g/mol. The summed E-state index contributed by atoms with van der Waals surface area (Å²) >= 11 is 0. The molecule has 0 bridgehead atoms. The van der Waals surface area contributed by atoms with Gasteiger partial charge in [0.05, 0.1) is 16.6 Å². The smallest absolute Gasteiger partial charge is 0.171 e. The van der Waals surface area contributed by atoms with Crippen molar-refractivity contribution in [2.75, 3.05) is 0 Å². The van der Waals surface area contributed by atoms with Gasteiger partial charge in [-0.15, -0.1) is 0 Å². The van der Waals surface area contributed by atoms with Crippen LogP contribution in [0, 0.1) is 0 Å². The number of imidazole rings is 1. The van der Waals surface area contributed by atoms with Crippen LogP contribution in [0.25, 0.3) is 60.6 Å². The van der Waals surface area contributed by atoms with Gasteiger partial charge < -0.3 is 4.57 Å². The molecule has 0 aliphatic rings. The van der Waals surface area contributed by atoms with Crippen molar-refractivity contribution in [3.63, 3.8) is 0 Å². The maximum atomic E-state index is 14.8. The van der Waals surface area contributed by atoms with E-state index in [9.17, 15) is 4.57 Å². The Morgan fingerprint density at radius 2 is 0.894 bits per heavy atom. The molecule has 0 N–H and O–H groups in total. The molecule has 3 nitrogen and oxygen atoms in total. The molecule has 47 heavy (non-hydrogen) atoms. The Morgan fingerprint density at radius 3 is 1.55 bits per heavy atom. The molecule has 0 radical (unpaired) electrons. The lowest BCUT2D eigenvalue weighted by Gasteiger charge is -2.20. The fourth-order valence-electron chi connectivity index (χ4n) is 6.93. The van der Waals surface area contributed by atoms with E-state index in [2.05, 4.69) is 101 Å². The van der Waals surface area contributed by atoms with Gasteiger partial charge in [0.25, 0.3) is 0 Å². The first-order valence-electron chi connectivity index (χ1n) is 15.8. The number of para-hydroxylation sites is 3. The van der Waals surface area contributed by atoms with Crippen LogP contribution in [0.3, 0.4) is 0 Å². The van der Waals surface area contributed by atoms with Gasteiger partial charge in [0.2, 0.25) is 0 Å². The lowest BCUT2D eigenvalue weighted by molar-refractivity contribution is 0.592. The van der Waals surface area contributed by atoms with Gasteiger partial charge in [-0.1, -0.05) is 152 Å². The third kappa shape index (κ3) is 4.43. The van der Waals surface area contributed by atoms with Gasteiger partial charge in [-0.2, -0.15) is 0 Å². The van der Waals surface area contributed by atoms with Crippen LogP contribution in [0.5, 0.6) is 0 Å². The molecule has 0 amide bonds. The Kier molecular flexibility index (Phi) is 6.41. The summed E-state index contributed by atoms with van der Waals surface area (Å²) in [5, 5.41) is 6.06. The summed E-state index contributed by atoms with van der Waals surface area (Å²) in [6.07, 6.45) is 0. The maximum absolute atomic E-state index is 14.8. The Balaban J connectivity index is 1.10. The van der Waals surface area contributed by atoms with Crippen LogP contribution in [0.2, 0.25) is 0 Å². The Labute approximate surface area is 272 Å². The first-order valence-corrected chi connectivity index (χ1v) is 17.5.